The van der Waals surface area contributed by atoms with E-state index in [4.69, 9.17) is 11.6 Å². The molecular formula is C27H34ClF2N5O3. The molecule has 2 bridgehead atoms. The number of nitriles is 1. The normalized spacial score (nSPS) is 27.4. The maximum Gasteiger partial charge on any atom is 0.255 e. The average Bonchev–Trinajstić information content (AvgIpc) is 3.25. The van der Waals surface area contributed by atoms with Crippen molar-refractivity contribution in [3.05, 3.63) is 29.3 Å². The number of piperidine rings is 2. The van der Waals surface area contributed by atoms with Gasteiger partial charge >= 0.3 is 0 Å². The fraction of sp³-hybridized carbons (Fsp3) is 0.630. The number of carbonyl (C=O) groups excluding carboxylic acids is 3. The van der Waals surface area contributed by atoms with Crippen molar-refractivity contribution in [2.45, 2.75) is 82.5 Å². The van der Waals surface area contributed by atoms with Crippen molar-refractivity contribution >= 4 is 35.0 Å². The first-order valence-corrected chi connectivity index (χ1v) is 13.6. The highest BCUT2D eigenvalue weighted by atomic mass is 35.5. The Morgan fingerprint density at radius 2 is 2.05 bits per heavy atom. The molecule has 1 aromatic rings. The van der Waals surface area contributed by atoms with Crippen LogP contribution in [0.15, 0.2) is 24.3 Å². The minimum Gasteiger partial charge on any atom is -0.374 e. The Morgan fingerprint density at radius 1 is 1.29 bits per heavy atom. The summed E-state index contributed by atoms with van der Waals surface area (Å²) in [6, 6.07) is 4.89. The summed E-state index contributed by atoms with van der Waals surface area (Å²) in [6.45, 7) is 4.40. The molecule has 1 aromatic carbocycles. The predicted octanol–water partition coefficient (Wildman–Crippen LogP) is 3.72. The number of benzene rings is 1. The van der Waals surface area contributed by atoms with E-state index in [0.717, 1.165) is 0 Å². The van der Waals surface area contributed by atoms with Gasteiger partial charge in [0.1, 0.15) is 18.1 Å². The SMILES string of the molecule is CC(C)C[C@H](Nc1cccc(Cl)c1)C(=O)N1[C@@H]2CC[C@H]([C@H]1C(=O)N[C@H](C#N)C[C@H]1CCNC1=O)C(F)(F)C2. The van der Waals surface area contributed by atoms with Crippen LogP contribution >= 0.6 is 11.6 Å². The van der Waals surface area contributed by atoms with Crippen molar-refractivity contribution in [3.63, 3.8) is 0 Å². The first-order valence-electron chi connectivity index (χ1n) is 13.2. The maximum absolute atomic E-state index is 15.1. The van der Waals surface area contributed by atoms with Gasteiger partial charge in [0.15, 0.2) is 0 Å². The van der Waals surface area contributed by atoms with E-state index < -0.39 is 60.2 Å². The Balaban J connectivity index is 1.59. The second-order valence-corrected chi connectivity index (χ2v) is 11.5. The highest BCUT2D eigenvalue weighted by Gasteiger charge is 2.61. The first kappa shape index (κ1) is 28.1. The van der Waals surface area contributed by atoms with Crippen LogP contribution in [0.3, 0.4) is 0 Å². The number of nitrogens with one attached hydrogen (secondary N) is 3. The zero-order valence-corrected chi connectivity index (χ0v) is 22.3. The summed E-state index contributed by atoms with van der Waals surface area (Å²) in [6.07, 6.45) is 1.04. The lowest BCUT2D eigenvalue weighted by molar-refractivity contribution is -0.194. The molecule has 0 unspecified atom stereocenters. The summed E-state index contributed by atoms with van der Waals surface area (Å²) >= 11 is 6.12. The molecular weight excluding hydrogens is 516 g/mol. The molecule has 3 saturated heterocycles. The third-order valence-corrected chi connectivity index (χ3v) is 8.02. The van der Waals surface area contributed by atoms with Gasteiger partial charge in [-0.15, -0.1) is 0 Å². The number of alkyl halides is 2. The van der Waals surface area contributed by atoms with Crippen LogP contribution in [0.2, 0.25) is 5.02 Å². The minimum absolute atomic E-state index is 0.0888. The fourth-order valence-corrected chi connectivity index (χ4v) is 6.22. The van der Waals surface area contributed by atoms with Crippen LogP contribution < -0.4 is 16.0 Å². The lowest BCUT2D eigenvalue weighted by Crippen LogP contribution is -2.70. The van der Waals surface area contributed by atoms with Crippen molar-refractivity contribution in [2.75, 3.05) is 11.9 Å². The Morgan fingerprint density at radius 3 is 2.66 bits per heavy atom. The van der Waals surface area contributed by atoms with Crippen LogP contribution in [0, 0.1) is 29.1 Å². The van der Waals surface area contributed by atoms with Crippen molar-refractivity contribution in [1.82, 2.24) is 15.5 Å². The van der Waals surface area contributed by atoms with Gasteiger partial charge in [0.2, 0.25) is 17.7 Å². The molecule has 1 saturated carbocycles. The molecule has 4 aliphatic rings. The maximum atomic E-state index is 15.1. The number of amides is 3. The molecule has 8 nitrogen and oxygen atoms in total. The molecule has 206 valence electrons. The molecule has 3 amide bonds. The molecule has 5 rings (SSSR count). The second kappa shape index (κ2) is 11.4. The van der Waals surface area contributed by atoms with Gasteiger partial charge in [-0.3, -0.25) is 14.4 Å². The summed E-state index contributed by atoms with van der Waals surface area (Å²) in [4.78, 5) is 40.9. The molecule has 3 aliphatic heterocycles. The van der Waals surface area contributed by atoms with E-state index in [1.54, 1.807) is 24.3 Å². The number of rotatable bonds is 9. The van der Waals surface area contributed by atoms with Gasteiger partial charge < -0.3 is 20.9 Å². The van der Waals surface area contributed by atoms with Crippen LogP contribution in [0.25, 0.3) is 0 Å². The van der Waals surface area contributed by atoms with Gasteiger partial charge in [0.25, 0.3) is 5.92 Å². The summed E-state index contributed by atoms with van der Waals surface area (Å²) in [7, 11) is 0. The topological polar surface area (TPSA) is 114 Å². The molecule has 11 heteroatoms. The highest BCUT2D eigenvalue weighted by Crippen LogP contribution is 2.49. The predicted molar refractivity (Wildman–Crippen MR) is 138 cm³/mol. The molecule has 0 spiro atoms. The van der Waals surface area contributed by atoms with Crippen LogP contribution in [-0.4, -0.2) is 59.3 Å². The number of hydrogen-bond acceptors (Lipinski definition) is 5. The second-order valence-electron chi connectivity index (χ2n) is 11.0. The van der Waals surface area contributed by atoms with E-state index in [1.165, 1.54) is 4.90 Å². The van der Waals surface area contributed by atoms with E-state index in [9.17, 15) is 19.6 Å². The molecule has 0 radical (unpaired) electrons. The monoisotopic (exact) mass is 549 g/mol. The quantitative estimate of drug-likeness (QED) is 0.434. The standard InChI is InChI=1S/C27H34ClF2N5O3/c1-15(2)10-22(33-18-5-3-4-17(28)12-18)26(38)35-20-6-7-21(27(29,30)13-20)23(35)25(37)34-19(14-31)11-16-8-9-32-24(16)36/h3-5,12,15-16,19-23,33H,6-11,13H2,1-2H3,(H,32,36)(H,34,37)/t16-,19+,20-,21-,22+,23+/m1/s1. The first-order chi connectivity index (χ1) is 18.0. The van der Waals surface area contributed by atoms with Crippen LogP contribution in [-0.2, 0) is 14.4 Å². The van der Waals surface area contributed by atoms with Crippen LogP contribution in [0.4, 0.5) is 14.5 Å². The van der Waals surface area contributed by atoms with E-state index >= 15 is 8.78 Å². The molecule has 3 heterocycles. The number of halogens is 3. The van der Waals surface area contributed by atoms with Crippen molar-refractivity contribution < 1.29 is 23.2 Å². The Hall–Kier alpha value is -2.93. The Kier molecular flexibility index (Phi) is 8.46. The van der Waals surface area contributed by atoms with Gasteiger partial charge in [0, 0.05) is 35.6 Å². The summed E-state index contributed by atoms with van der Waals surface area (Å²) in [5.41, 5.74) is 0.615. The molecule has 6 atom stereocenters. The summed E-state index contributed by atoms with van der Waals surface area (Å²) < 4.78 is 30.2. The van der Waals surface area contributed by atoms with E-state index in [1.807, 2.05) is 19.9 Å². The Labute approximate surface area is 226 Å². The van der Waals surface area contributed by atoms with Crippen LogP contribution in [0.5, 0.6) is 0 Å². The van der Waals surface area contributed by atoms with E-state index in [2.05, 4.69) is 16.0 Å². The molecule has 0 aromatic heterocycles. The fourth-order valence-electron chi connectivity index (χ4n) is 6.03. The minimum atomic E-state index is -3.11. The number of fused-ring (bicyclic) bond motifs is 3. The summed E-state index contributed by atoms with van der Waals surface area (Å²) in [5.74, 6) is -6.18. The number of carbonyl (C=O) groups is 3. The smallest absolute Gasteiger partial charge is 0.255 e. The Bertz CT molecular complexity index is 1110. The number of anilines is 1. The average molecular weight is 550 g/mol. The molecule has 4 fully saturated rings. The van der Waals surface area contributed by atoms with E-state index in [0.29, 0.717) is 36.5 Å². The molecule has 38 heavy (non-hydrogen) atoms. The van der Waals surface area contributed by atoms with Gasteiger partial charge in [-0.2, -0.15) is 5.26 Å². The zero-order valence-electron chi connectivity index (χ0n) is 21.6. The largest absolute Gasteiger partial charge is 0.374 e. The zero-order chi connectivity index (χ0) is 27.6. The highest BCUT2D eigenvalue weighted by molar-refractivity contribution is 6.30. The number of nitrogens with zero attached hydrogens (tertiary/aromatic N) is 2. The van der Waals surface area contributed by atoms with Gasteiger partial charge in [0.05, 0.1) is 12.0 Å². The van der Waals surface area contributed by atoms with Crippen molar-refractivity contribution in [3.8, 4) is 6.07 Å². The van der Waals surface area contributed by atoms with Crippen molar-refractivity contribution in [1.29, 1.82) is 5.26 Å². The molecule has 1 aliphatic carbocycles. The molecule has 3 N–H and O–H groups in total. The summed E-state index contributed by atoms with van der Waals surface area (Å²) in [5, 5.41) is 18.6. The lowest BCUT2D eigenvalue weighted by Gasteiger charge is -2.54. The van der Waals surface area contributed by atoms with Crippen LogP contribution in [0.1, 0.15) is 52.4 Å². The lowest BCUT2D eigenvalue weighted by atomic mass is 9.71. The number of hydrogen-bond donors (Lipinski definition) is 3. The van der Waals surface area contributed by atoms with Gasteiger partial charge in [-0.25, -0.2) is 8.78 Å². The van der Waals surface area contributed by atoms with Gasteiger partial charge in [-0.05, 0) is 56.2 Å². The van der Waals surface area contributed by atoms with Gasteiger partial charge in [-0.1, -0.05) is 31.5 Å². The third-order valence-electron chi connectivity index (χ3n) is 7.78. The van der Waals surface area contributed by atoms with Crippen molar-refractivity contribution in [2.24, 2.45) is 17.8 Å². The van der Waals surface area contributed by atoms with E-state index in [-0.39, 0.29) is 24.7 Å². The third kappa shape index (κ3) is 6.04.